The molecule has 1 N–H and O–H groups in total. The van der Waals surface area contributed by atoms with Crippen LogP contribution in [0, 0.1) is 0 Å². The molecule has 0 aliphatic rings. The van der Waals surface area contributed by atoms with E-state index in [0.717, 1.165) is 10.6 Å². The van der Waals surface area contributed by atoms with Crippen LogP contribution in [-0.2, 0) is 4.74 Å². The first-order valence-electron chi connectivity index (χ1n) is 7.93. The number of esters is 1. The number of hydrogen-bond donors (Lipinski definition) is 1. The van der Waals surface area contributed by atoms with E-state index in [-0.39, 0.29) is 17.2 Å². The fraction of sp³-hybridized carbons (Fsp3) is 0.263. The Morgan fingerprint density at radius 2 is 1.65 bits per heavy atom. The summed E-state index contributed by atoms with van der Waals surface area (Å²) in [6.07, 6.45) is 0. The van der Waals surface area contributed by atoms with Gasteiger partial charge in [0.25, 0.3) is 5.91 Å². The molecule has 0 heterocycles. The van der Waals surface area contributed by atoms with Crippen LogP contribution in [0.4, 0.5) is 5.69 Å². The van der Waals surface area contributed by atoms with Gasteiger partial charge in [-0.25, -0.2) is 4.79 Å². The highest BCUT2D eigenvalue weighted by atomic mass is 32.2. The Kier molecular flexibility index (Phi) is 6.91. The van der Waals surface area contributed by atoms with Crippen LogP contribution in [0.2, 0.25) is 0 Å². The van der Waals surface area contributed by atoms with E-state index in [0.29, 0.717) is 17.1 Å². The van der Waals surface area contributed by atoms with Crippen LogP contribution in [0.5, 0.6) is 11.5 Å². The molecule has 0 aliphatic carbocycles. The lowest BCUT2D eigenvalue weighted by Crippen LogP contribution is -2.16. The van der Waals surface area contributed by atoms with Crippen molar-refractivity contribution in [2.45, 2.75) is 11.8 Å². The maximum absolute atomic E-state index is 12.8. The fourth-order valence-corrected chi connectivity index (χ4v) is 3.19. The van der Waals surface area contributed by atoms with Gasteiger partial charge in [0.1, 0.15) is 0 Å². The van der Waals surface area contributed by atoms with E-state index in [1.807, 2.05) is 19.1 Å². The van der Waals surface area contributed by atoms with Gasteiger partial charge >= 0.3 is 5.97 Å². The molecule has 0 aromatic heterocycles. The minimum Gasteiger partial charge on any atom is -0.493 e. The van der Waals surface area contributed by atoms with E-state index in [2.05, 4.69) is 5.32 Å². The zero-order valence-electron chi connectivity index (χ0n) is 15.1. The quantitative estimate of drug-likeness (QED) is 0.585. The Morgan fingerprint density at radius 1 is 1.00 bits per heavy atom. The molecule has 0 saturated heterocycles. The summed E-state index contributed by atoms with van der Waals surface area (Å²) in [6.45, 7) is 2.02. The van der Waals surface area contributed by atoms with E-state index in [9.17, 15) is 9.59 Å². The lowest BCUT2D eigenvalue weighted by atomic mass is 10.1. The van der Waals surface area contributed by atoms with E-state index in [1.165, 1.54) is 27.4 Å². The van der Waals surface area contributed by atoms with Gasteiger partial charge in [-0.15, -0.1) is 11.8 Å². The van der Waals surface area contributed by atoms with Gasteiger partial charge < -0.3 is 19.5 Å². The van der Waals surface area contributed by atoms with Crippen molar-refractivity contribution in [3.05, 3.63) is 47.5 Å². The summed E-state index contributed by atoms with van der Waals surface area (Å²) in [7, 11) is 4.22. The highest BCUT2D eigenvalue weighted by molar-refractivity contribution is 7.99. The number of thioether (sulfide) groups is 1. The van der Waals surface area contributed by atoms with Crippen molar-refractivity contribution < 1.29 is 23.8 Å². The minimum atomic E-state index is -0.586. The molecule has 26 heavy (non-hydrogen) atoms. The highest BCUT2D eigenvalue weighted by Gasteiger charge is 2.20. The number of amides is 1. The van der Waals surface area contributed by atoms with Gasteiger partial charge in [-0.1, -0.05) is 19.1 Å². The minimum absolute atomic E-state index is 0.180. The number of hydrogen-bond acceptors (Lipinski definition) is 6. The van der Waals surface area contributed by atoms with Crippen LogP contribution >= 0.6 is 11.8 Å². The number of rotatable bonds is 7. The zero-order valence-corrected chi connectivity index (χ0v) is 15.9. The molecule has 2 rings (SSSR count). The summed E-state index contributed by atoms with van der Waals surface area (Å²) in [5, 5.41) is 2.78. The molecule has 0 bridgehead atoms. The van der Waals surface area contributed by atoms with Crippen LogP contribution in [0.1, 0.15) is 27.6 Å². The average molecular weight is 375 g/mol. The second kappa shape index (κ2) is 9.15. The molecule has 138 valence electrons. The number of ether oxygens (including phenoxy) is 3. The average Bonchev–Trinajstić information content (AvgIpc) is 2.67. The van der Waals surface area contributed by atoms with Crippen molar-refractivity contribution in [1.82, 2.24) is 0 Å². The second-order valence-electron chi connectivity index (χ2n) is 5.13. The standard InChI is InChI=1S/C19H21NO5S/c1-5-26-17-9-7-6-8-12(17)18(21)20-14-11-16(24-3)15(23-2)10-13(14)19(22)25-4/h6-11H,5H2,1-4H3,(H,20,21). The van der Waals surface area contributed by atoms with Crippen LogP contribution < -0.4 is 14.8 Å². The summed E-state index contributed by atoms with van der Waals surface area (Å²) in [5.74, 6) is 0.699. The third-order valence-electron chi connectivity index (χ3n) is 3.61. The van der Waals surface area contributed by atoms with Gasteiger partial charge in [-0.3, -0.25) is 4.79 Å². The van der Waals surface area contributed by atoms with Gasteiger partial charge in [0.05, 0.1) is 38.1 Å². The van der Waals surface area contributed by atoms with Crippen molar-refractivity contribution >= 4 is 29.3 Å². The second-order valence-corrected chi connectivity index (χ2v) is 6.43. The van der Waals surface area contributed by atoms with Crippen LogP contribution in [-0.4, -0.2) is 39.0 Å². The first-order chi connectivity index (χ1) is 12.5. The van der Waals surface area contributed by atoms with Gasteiger partial charge in [0, 0.05) is 17.0 Å². The van der Waals surface area contributed by atoms with Gasteiger partial charge in [0.2, 0.25) is 0 Å². The lowest BCUT2D eigenvalue weighted by molar-refractivity contribution is 0.0601. The molecule has 0 atom stereocenters. The Labute approximate surface area is 156 Å². The smallest absolute Gasteiger partial charge is 0.340 e. The van der Waals surface area contributed by atoms with Crippen LogP contribution in [0.15, 0.2) is 41.3 Å². The van der Waals surface area contributed by atoms with Gasteiger partial charge in [-0.2, -0.15) is 0 Å². The maximum Gasteiger partial charge on any atom is 0.340 e. The number of anilines is 1. The summed E-state index contributed by atoms with van der Waals surface area (Å²) in [5.41, 5.74) is 1.000. The summed E-state index contributed by atoms with van der Waals surface area (Å²) < 4.78 is 15.3. The molecular weight excluding hydrogens is 354 g/mol. The zero-order chi connectivity index (χ0) is 19.1. The summed E-state index contributed by atoms with van der Waals surface area (Å²) >= 11 is 1.57. The third kappa shape index (κ3) is 4.29. The molecular formula is C19H21NO5S. The molecule has 0 saturated carbocycles. The predicted octanol–water partition coefficient (Wildman–Crippen LogP) is 3.85. The normalized spacial score (nSPS) is 10.2. The van der Waals surface area contributed by atoms with Crippen molar-refractivity contribution in [2.75, 3.05) is 32.4 Å². The Hall–Kier alpha value is -2.67. The third-order valence-corrected chi connectivity index (χ3v) is 4.56. The highest BCUT2D eigenvalue weighted by Crippen LogP contribution is 2.34. The number of carbonyl (C=O) groups excluding carboxylic acids is 2. The van der Waals surface area contributed by atoms with E-state index in [4.69, 9.17) is 14.2 Å². The molecule has 7 heteroatoms. The first-order valence-corrected chi connectivity index (χ1v) is 8.91. The Morgan fingerprint density at radius 3 is 2.27 bits per heavy atom. The molecule has 2 aromatic carbocycles. The first kappa shape index (κ1) is 19.7. The van der Waals surface area contributed by atoms with E-state index < -0.39 is 5.97 Å². The van der Waals surface area contributed by atoms with Crippen LogP contribution in [0.3, 0.4) is 0 Å². The molecule has 0 spiro atoms. The SMILES string of the molecule is CCSc1ccccc1C(=O)Nc1cc(OC)c(OC)cc1C(=O)OC. The fourth-order valence-electron chi connectivity index (χ4n) is 2.39. The number of methoxy groups -OCH3 is 3. The number of benzene rings is 2. The van der Waals surface area contributed by atoms with Crippen molar-refractivity contribution in [3.8, 4) is 11.5 Å². The van der Waals surface area contributed by atoms with Crippen molar-refractivity contribution in [1.29, 1.82) is 0 Å². The molecule has 0 aliphatic heterocycles. The van der Waals surface area contributed by atoms with Crippen molar-refractivity contribution in [3.63, 3.8) is 0 Å². The van der Waals surface area contributed by atoms with Gasteiger partial charge in [-0.05, 0) is 17.9 Å². The van der Waals surface area contributed by atoms with E-state index >= 15 is 0 Å². The maximum atomic E-state index is 12.8. The Balaban J connectivity index is 2.44. The van der Waals surface area contributed by atoms with Gasteiger partial charge in [0.15, 0.2) is 11.5 Å². The molecule has 2 aromatic rings. The Bertz CT molecular complexity index is 807. The number of nitrogens with one attached hydrogen (secondary N) is 1. The van der Waals surface area contributed by atoms with Crippen molar-refractivity contribution in [2.24, 2.45) is 0 Å². The van der Waals surface area contributed by atoms with Crippen LogP contribution in [0.25, 0.3) is 0 Å². The summed E-state index contributed by atoms with van der Waals surface area (Å²) in [6, 6.07) is 10.3. The molecule has 0 radical (unpaired) electrons. The largest absolute Gasteiger partial charge is 0.493 e. The number of carbonyl (C=O) groups is 2. The monoisotopic (exact) mass is 375 g/mol. The van der Waals surface area contributed by atoms with E-state index in [1.54, 1.807) is 30.0 Å². The molecule has 0 fully saturated rings. The molecule has 6 nitrogen and oxygen atoms in total. The molecule has 0 unspecified atom stereocenters. The predicted molar refractivity (Wildman–Crippen MR) is 102 cm³/mol. The topological polar surface area (TPSA) is 73.9 Å². The summed E-state index contributed by atoms with van der Waals surface area (Å²) in [4.78, 5) is 25.8. The molecule has 1 amide bonds. The lowest BCUT2D eigenvalue weighted by Gasteiger charge is -2.15.